The molecule has 1 rings (SSSR count). The van der Waals surface area contributed by atoms with Gasteiger partial charge in [-0.2, -0.15) is 0 Å². The Kier molecular flexibility index (Phi) is 5.72. The Balaban J connectivity index is 2.36. The molecule has 0 heterocycles. The largest absolute Gasteiger partial charge is 0.444 e. The number of amides is 1. The van der Waals surface area contributed by atoms with Crippen LogP contribution in [0.4, 0.5) is 10.5 Å². The molecule has 0 spiro atoms. The Labute approximate surface area is 124 Å². The summed E-state index contributed by atoms with van der Waals surface area (Å²) in [5, 5.41) is 3.13. The number of carbonyl (C=O) groups excluding carboxylic acids is 1. The first-order valence-electron chi connectivity index (χ1n) is 6.29. The van der Waals surface area contributed by atoms with Crippen LogP contribution in [0, 0.1) is 11.8 Å². The Morgan fingerprint density at radius 1 is 1.45 bits per heavy atom. The minimum Gasteiger partial charge on any atom is -0.444 e. The van der Waals surface area contributed by atoms with Crippen LogP contribution in [0.25, 0.3) is 0 Å². The Hall–Kier alpha value is -1.86. The lowest BCUT2D eigenvalue weighted by molar-refractivity contribution is 0.0529. The maximum absolute atomic E-state index is 11.4. The second-order valence-corrected chi connectivity index (χ2v) is 5.62. The van der Waals surface area contributed by atoms with Gasteiger partial charge >= 0.3 is 6.09 Å². The lowest BCUT2D eigenvalue weighted by Crippen LogP contribution is -2.32. The zero-order valence-corrected chi connectivity index (χ0v) is 12.7. The summed E-state index contributed by atoms with van der Waals surface area (Å²) in [6.07, 6.45) is 0.0937. The van der Waals surface area contributed by atoms with Gasteiger partial charge in [-0.25, -0.2) is 4.79 Å². The summed E-state index contributed by atoms with van der Waals surface area (Å²) in [5.41, 5.74) is 6.44. The van der Waals surface area contributed by atoms with Gasteiger partial charge < -0.3 is 15.8 Å². The van der Waals surface area contributed by atoms with Gasteiger partial charge in [0.25, 0.3) is 0 Å². The highest BCUT2D eigenvalue weighted by molar-refractivity contribution is 6.33. The molecule has 0 saturated heterocycles. The molecule has 0 aliphatic heterocycles. The molecule has 0 saturated carbocycles. The van der Waals surface area contributed by atoms with E-state index < -0.39 is 11.7 Å². The smallest absolute Gasteiger partial charge is 0.407 e. The minimum absolute atomic E-state index is 0.435. The lowest BCUT2D eigenvalue weighted by Gasteiger charge is -2.19. The van der Waals surface area contributed by atoms with E-state index in [0.29, 0.717) is 23.7 Å². The molecular formula is C15H19ClN2O2. The number of nitrogens with two attached hydrogens (primary N) is 1. The van der Waals surface area contributed by atoms with Crippen LogP contribution in [-0.4, -0.2) is 18.2 Å². The van der Waals surface area contributed by atoms with Crippen LogP contribution >= 0.6 is 11.6 Å². The van der Waals surface area contributed by atoms with Crippen molar-refractivity contribution in [3.05, 3.63) is 28.8 Å². The Morgan fingerprint density at radius 3 is 2.75 bits per heavy atom. The third-order valence-corrected chi connectivity index (χ3v) is 2.48. The summed E-state index contributed by atoms with van der Waals surface area (Å²) in [4.78, 5) is 11.4. The van der Waals surface area contributed by atoms with Gasteiger partial charge in [0.15, 0.2) is 0 Å². The average molecular weight is 295 g/mol. The maximum Gasteiger partial charge on any atom is 0.407 e. The summed E-state index contributed by atoms with van der Waals surface area (Å²) in [5.74, 6) is 5.90. The van der Waals surface area contributed by atoms with Gasteiger partial charge in [-0.15, -0.1) is 0 Å². The number of carbonyl (C=O) groups is 1. The first kappa shape index (κ1) is 16.2. The van der Waals surface area contributed by atoms with Crippen molar-refractivity contribution in [2.75, 3.05) is 12.3 Å². The molecule has 108 valence electrons. The highest BCUT2D eigenvalue weighted by Gasteiger charge is 2.15. The van der Waals surface area contributed by atoms with E-state index in [1.165, 1.54) is 0 Å². The van der Waals surface area contributed by atoms with Crippen molar-refractivity contribution in [3.8, 4) is 11.8 Å². The number of anilines is 1. The molecule has 0 aliphatic carbocycles. The van der Waals surface area contributed by atoms with E-state index in [4.69, 9.17) is 22.1 Å². The second-order valence-electron chi connectivity index (χ2n) is 5.22. The Morgan fingerprint density at radius 2 is 2.15 bits per heavy atom. The molecule has 0 radical (unpaired) electrons. The van der Waals surface area contributed by atoms with Crippen molar-refractivity contribution < 1.29 is 9.53 Å². The summed E-state index contributed by atoms with van der Waals surface area (Å²) >= 11 is 5.89. The van der Waals surface area contributed by atoms with Crippen LogP contribution in [0.5, 0.6) is 0 Å². The van der Waals surface area contributed by atoms with Gasteiger partial charge in [0, 0.05) is 18.5 Å². The number of benzene rings is 1. The van der Waals surface area contributed by atoms with Crippen LogP contribution in [0.2, 0.25) is 5.02 Å². The normalized spacial score (nSPS) is 10.4. The fourth-order valence-corrected chi connectivity index (χ4v) is 1.49. The number of nitrogen functional groups attached to an aromatic ring is 1. The number of hydrogen-bond donors (Lipinski definition) is 2. The summed E-state index contributed by atoms with van der Waals surface area (Å²) < 4.78 is 5.10. The standard InChI is InChI=1S/C15H19ClN2O2/c1-15(2,3)20-14(19)18-9-5-4-6-11-7-8-13(17)12(16)10-11/h7-8,10H,5,9,17H2,1-3H3,(H,18,19). The van der Waals surface area contributed by atoms with E-state index in [-0.39, 0.29) is 0 Å². The van der Waals surface area contributed by atoms with Crippen LogP contribution in [0.1, 0.15) is 32.8 Å². The Bertz CT molecular complexity index is 539. The predicted octanol–water partition coefficient (Wildman–Crippen LogP) is 3.19. The van der Waals surface area contributed by atoms with E-state index >= 15 is 0 Å². The highest BCUT2D eigenvalue weighted by atomic mass is 35.5. The average Bonchev–Trinajstić information content (AvgIpc) is 2.31. The van der Waals surface area contributed by atoms with E-state index in [1.54, 1.807) is 18.2 Å². The molecule has 1 aromatic carbocycles. The fourth-order valence-electron chi connectivity index (χ4n) is 1.31. The molecule has 3 N–H and O–H groups in total. The number of nitrogens with one attached hydrogen (secondary N) is 1. The summed E-state index contributed by atoms with van der Waals surface area (Å²) in [6, 6.07) is 5.23. The van der Waals surface area contributed by atoms with E-state index in [1.807, 2.05) is 20.8 Å². The van der Waals surface area contributed by atoms with Crippen molar-refractivity contribution >= 4 is 23.4 Å². The van der Waals surface area contributed by atoms with Crippen LogP contribution in [0.15, 0.2) is 18.2 Å². The molecule has 5 heteroatoms. The zero-order chi connectivity index (χ0) is 15.2. The van der Waals surface area contributed by atoms with Crippen LogP contribution in [-0.2, 0) is 4.74 Å². The van der Waals surface area contributed by atoms with Crippen molar-refractivity contribution in [1.29, 1.82) is 0 Å². The quantitative estimate of drug-likeness (QED) is 0.500. The fraction of sp³-hybridized carbons (Fsp3) is 0.400. The first-order chi connectivity index (χ1) is 9.28. The van der Waals surface area contributed by atoms with Gasteiger partial charge in [-0.1, -0.05) is 23.4 Å². The molecule has 20 heavy (non-hydrogen) atoms. The van der Waals surface area contributed by atoms with E-state index in [9.17, 15) is 4.79 Å². The number of rotatable bonds is 2. The third kappa shape index (κ3) is 6.35. The van der Waals surface area contributed by atoms with Crippen molar-refractivity contribution in [3.63, 3.8) is 0 Å². The van der Waals surface area contributed by atoms with Gasteiger partial charge in [-0.3, -0.25) is 0 Å². The van der Waals surface area contributed by atoms with Gasteiger partial charge in [0.1, 0.15) is 5.60 Å². The maximum atomic E-state index is 11.4. The molecule has 1 aromatic rings. The third-order valence-electron chi connectivity index (χ3n) is 2.15. The van der Waals surface area contributed by atoms with E-state index in [2.05, 4.69) is 17.2 Å². The van der Waals surface area contributed by atoms with Gasteiger partial charge in [0.2, 0.25) is 0 Å². The molecule has 0 fully saturated rings. The molecule has 1 amide bonds. The van der Waals surface area contributed by atoms with E-state index in [0.717, 1.165) is 5.56 Å². The second kappa shape index (κ2) is 7.06. The van der Waals surface area contributed by atoms with Crippen molar-refractivity contribution in [1.82, 2.24) is 5.32 Å². The molecule has 0 aromatic heterocycles. The zero-order valence-electron chi connectivity index (χ0n) is 11.9. The molecule has 0 bridgehead atoms. The van der Waals surface area contributed by atoms with Gasteiger partial charge in [-0.05, 0) is 39.0 Å². The summed E-state index contributed by atoms with van der Waals surface area (Å²) in [6.45, 7) is 5.89. The van der Waals surface area contributed by atoms with Crippen LogP contribution in [0.3, 0.4) is 0 Å². The number of hydrogen-bond acceptors (Lipinski definition) is 3. The minimum atomic E-state index is -0.490. The van der Waals surface area contributed by atoms with Crippen molar-refractivity contribution in [2.45, 2.75) is 32.8 Å². The van der Waals surface area contributed by atoms with Gasteiger partial charge in [0.05, 0.1) is 10.7 Å². The lowest BCUT2D eigenvalue weighted by atomic mass is 10.2. The number of alkyl carbamates (subject to hydrolysis) is 1. The molecular weight excluding hydrogens is 276 g/mol. The van der Waals surface area contributed by atoms with Crippen LogP contribution < -0.4 is 11.1 Å². The number of halogens is 1. The monoisotopic (exact) mass is 294 g/mol. The predicted molar refractivity (Wildman–Crippen MR) is 81.6 cm³/mol. The van der Waals surface area contributed by atoms with Crippen molar-refractivity contribution in [2.24, 2.45) is 0 Å². The molecule has 0 aliphatic rings. The SMILES string of the molecule is CC(C)(C)OC(=O)NCCC#Cc1ccc(N)c(Cl)c1. The molecule has 0 unspecified atom stereocenters. The molecule has 0 atom stereocenters. The molecule has 4 nitrogen and oxygen atoms in total. The number of ether oxygens (including phenoxy) is 1. The summed E-state index contributed by atoms with van der Waals surface area (Å²) in [7, 11) is 0. The topological polar surface area (TPSA) is 64.3 Å². The highest BCUT2D eigenvalue weighted by Crippen LogP contribution is 2.18. The first-order valence-corrected chi connectivity index (χ1v) is 6.66.